The number of carbonyl (C=O) groups is 2. The molecule has 1 saturated heterocycles. The van der Waals surface area contributed by atoms with Crippen molar-refractivity contribution >= 4 is 29.3 Å². The highest BCUT2D eigenvalue weighted by molar-refractivity contribution is 6.06. The van der Waals surface area contributed by atoms with Crippen molar-refractivity contribution in [3.05, 3.63) is 15.8 Å². The Balaban J connectivity index is 2.67. The van der Waals surface area contributed by atoms with E-state index < -0.39 is 22.3 Å². The van der Waals surface area contributed by atoms with Gasteiger partial charge in [-0.05, 0) is 20.8 Å². The van der Waals surface area contributed by atoms with Crippen LogP contribution in [-0.4, -0.2) is 38.8 Å². The second-order valence-corrected chi connectivity index (χ2v) is 5.12. The van der Waals surface area contributed by atoms with E-state index in [2.05, 4.69) is 15.3 Å². The van der Waals surface area contributed by atoms with Crippen molar-refractivity contribution in [2.75, 3.05) is 17.2 Å². The summed E-state index contributed by atoms with van der Waals surface area (Å²) >= 11 is 0. The third kappa shape index (κ3) is 2.35. The lowest BCUT2D eigenvalue weighted by molar-refractivity contribution is -0.385. The standard InChI is InChI=1S/C11H14N6O4/c1-5-7(17(20)21)8(15-10(12)13-5)16-4-6(18)14-9(19)11(16,2)3/h4H2,1-3H3,(H2,12,13,15)(H,14,18,19). The minimum absolute atomic E-state index is 0.0664. The summed E-state index contributed by atoms with van der Waals surface area (Å²) in [6, 6.07) is 0. The van der Waals surface area contributed by atoms with E-state index in [0.29, 0.717) is 0 Å². The predicted molar refractivity (Wildman–Crippen MR) is 72.4 cm³/mol. The first-order valence-corrected chi connectivity index (χ1v) is 6.05. The maximum atomic E-state index is 11.9. The topological polar surface area (TPSA) is 144 Å². The van der Waals surface area contributed by atoms with Crippen molar-refractivity contribution in [3.63, 3.8) is 0 Å². The van der Waals surface area contributed by atoms with Gasteiger partial charge >= 0.3 is 5.69 Å². The number of nitrogen functional groups attached to an aromatic ring is 1. The number of aryl methyl sites for hydroxylation is 1. The van der Waals surface area contributed by atoms with Crippen LogP contribution in [0.5, 0.6) is 0 Å². The zero-order valence-electron chi connectivity index (χ0n) is 11.7. The van der Waals surface area contributed by atoms with Crippen molar-refractivity contribution in [2.45, 2.75) is 26.3 Å². The average molecular weight is 294 g/mol. The van der Waals surface area contributed by atoms with E-state index in [1.807, 2.05) is 0 Å². The number of nitrogens with zero attached hydrogens (tertiary/aromatic N) is 4. The van der Waals surface area contributed by atoms with Gasteiger partial charge in [0.1, 0.15) is 17.8 Å². The number of amides is 2. The fourth-order valence-electron chi connectivity index (χ4n) is 2.10. The summed E-state index contributed by atoms with van der Waals surface area (Å²) in [5, 5.41) is 13.4. The van der Waals surface area contributed by atoms with Gasteiger partial charge in [-0.2, -0.15) is 4.98 Å². The molecular formula is C11H14N6O4. The van der Waals surface area contributed by atoms with Crippen LogP contribution < -0.4 is 16.0 Å². The van der Waals surface area contributed by atoms with E-state index in [9.17, 15) is 19.7 Å². The molecule has 0 radical (unpaired) electrons. The molecule has 21 heavy (non-hydrogen) atoms. The van der Waals surface area contributed by atoms with E-state index in [4.69, 9.17) is 5.73 Å². The lowest BCUT2D eigenvalue weighted by Gasteiger charge is -2.40. The van der Waals surface area contributed by atoms with Crippen LogP contribution in [0.2, 0.25) is 0 Å². The van der Waals surface area contributed by atoms with E-state index in [1.165, 1.54) is 25.7 Å². The predicted octanol–water partition coefficient (Wildman–Crippen LogP) is -0.483. The molecule has 1 aliphatic heterocycles. The molecule has 0 spiro atoms. The van der Waals surface area contributed by atoms with Gasteiger partial charge < -0.3 is 10.6 Å². The van der Waals surface area contributed by atoms with Gasteiger partial charge in [0, 0.05) is 0 Å². The summed E-state index contributed by atoms with van der Waals surface area (Å²) in [6.07, 6.45) is 0. The quantitative estimate of drug-likeness (QED) is 0.422. The number of rotatable bonds is 2. The Morgan fingerprint density at radius 1 is 1.38 bits per heavy atom. The van der Waals surface area contributed by atoms with Crippen molar-refractivity contribution in [3.8, 4) is 0 Å². The van der Waals surface area contributed by atoms with Gasteiger partial charge in [0.15, 0.2) is 0 Å². The molecule has 2 rings (SSSR count). The average Bonchev–Trinajstić information content (AvgIpc) is 2.32. The number of nitrogens with one attached hydrogen (secondary N) is 1. The van der Waals surface area contributed by atoms with Crippen LogP contribution in [0.3, 0.4) is 0 Å². The number of nitrogens with two attached hydrogens (primary N) is 1. The maximum absolute atomic E-state index is 11.9. The highest BCUT2D eigenvalue weighted by Crippen LogP contribution is 2.34. The molecule has 1 aromatic heterocycles. The minimum Gasteiger partial charge on any atom is -0.368 e. The molecule has 0 aliphatic carbocycles. The summed E-state index contributed by atoms with van der Waals surface area (Å²) in [6.45, 7) is 4.24. The highest BCUT2D eigenvalue weighted by atomic mass is 16.6. The van der Waals surface area contributed by atoms with Gasteiger partial charge in [-0.3, -0.25) is 25.0 Å². The number of imide groups is 1. The maximum Gasteiger partial charge on any atom is 0.332 e. The number of hydrogen-bond acceptors (Lipinski definition) is 8. The molecule has 0 saturated carbocycles. The van der Waals surface area contributed by atoms with Crippen LogP contribution in [0.1, 0.15) is 19.5 Å². The van der Waals surface area contributed by atoms with E-state index >= 15 is 0 Å². The number of hydrogen-bond donors (Lipinski definition) is 2. The third-order valence-corrected chi connectivity index (χ3v) is 3.28. The first kappa shape index (κ1) is 14.6. The second kappa shape index (κ2) is 4.65. The molecule has 112 valence electrons. The van der Waals surface area contributed by atoms with Gasteiger partial charge in [0.25, 0.3) is 5.91 Å². The van der Waals surface area contributed by atoms with Crippen molar-refractivity contribution in [2.24, 2.45) is 0 Å². The summed E-state index contributed by atoms with van der Waals surface area (Å²) in [4.78, 5) is 43.0. The number of anilines is 2. The summed E-state index contributed by atoms with van der Waals surface area (Å²) in [5.74, 6) is -1.44. The zero-order chi connectivity index (χ0) is 15.9. The molecule has 2 amide bonds. The van der Waals surface area contributed by atoms with Crippen LogP contribution in [0.25, 0.3) is 0 Å². The van der Waals surface area contributed by atoms with Crippen LogP contribution in [0.15, 0.2) is 0 Å². The molecule has 1 fully saturated rings. The van der Waals surface area contributed by atoms with Gasteiger partial charge in [0.2, 0.25) is 17.7 Å². The molecule has 1 aromatic rings. The molecule has 3 N–H and O–H groups in total. The Morgan fingerprint density at radius 3 is 2.57 bits per heavy atom. The minimum atomic E-state index is -1.19. The van der Waals surface area contributed by atoms with Crippen molar-refractivity contribution in [1.82, 2.24) is 15.3 Å². The molecule has 1 aliphatic rings. The van der Waals surface area contributed by atoms with E-state index in [-0.39, 0.29) is 29.7 Å². The molecule has 10 heteroatoms. The van der Waals surface area contributed by atoms with Gasteiger partial charge in [-0.25, -0.2) is 4.98 Å². The van der Waals surface area contributed by atoms with Gasteiger partial charge in [0.05, 0.1) is 4.92 Å². The van der Waals surface area contributed by atoms with Crippen LogP contribution in [0.4, 0.5) is 17.5 Å². The third-order valence-electron chi connectivity index (χ3n) is 3.28. The molecular weight excluding hydrogens is 280 g/mol. The largest absolute Gasteiger partial charge is 0.368 e. The molecule has 0 bridgehead atoms. The molecule has 0 aromatic carbocycles. The highest BCUT2D eigenvalue weighted by Gasteiger charge is 2.44. The van der Waals surface area contributed by atoms with Crippen molar-refractivity contribution < 1.29 is 14.5 Å². The van der Waals surface area contributed by atoms with Crippen molar-refractivity contribution in [1.29, 1.82) is 0 Å². The van der Waals surface area contributed by atoms with Crippen LogP contribution in [0, 0.1) is 17.0 Å². The first-order chi connectivity index (χ1) is 9.64. The number of carbonyl (C=O) groups excluding carboxylic acids is 2. The fourth-order valence-corrected chi connectivity index (χ4v) is 2.10. The first-order valence-electron chi connectivity index (χ1n) is 6.05. The van der Waals surface area contributed by atoms with Gasteiger partial charge in [-0.15, -0.1) is 0 Å². The fraction of sp³-hybridized carbons (Fsp3) is 0.455. The Bertz CT molecular complexity index is 656. The Hall–Kier alpha value is -2.78. The normalized spacial score (nSPS) is 17.6. The number of aromatic nitrogens is 2. The van der Waals surface area contributed by atoms with Gasteiger partial charge in [-0.1, -0.05) is 0 Å². The second-order valence-electron chi connectivity index (χ2n) is 5.12. The molecule has 2 heterocycles. The number of piperazine rings is 1. The SMILES string of the molecule is Cc1nc(N)nc(N2CC(=O)NC(=O)C2(C)C)c1[N+](=O)[O-]. The van der Waals surface area contributed by atoms with Crippen LogP contribution in [-0.2, 0) is 9.59 Å². The summed E-state index contributed by atoms with van der Waals surface area (Å²) in [5.41, 5.74) is 4.04. The monoisotopic (exact) mass is 294 g/mol. The van der Waals surface area contributed by atoms with Crippen LogP contribution >= 0.6 is 0 Å². The Morgan fingerprint density at radius 2 is 2.00 bits per heavy atom. The number of nitro groups is 1. The lowest BCUT2D eigenvalue weighted by atomic mass is 9.98. The smallest absolute Gasteiger partial charge is 0.332 e. The summed E-state index contributed by atoms with van der Waals surface area (Å²) < 4.78 is 0. The Kier molecular flexibility index (Phi) is 3.24. The molecule has 10 nitrogen and oxygen atoms in total. The zero-order valence-corrected chi connectivity index (χ0v) is 11.7. The van der Waals surface area contributed by atoms with E-state index in [0.717, 1.165) is 0 Å². The summed E-state index contributed by atoms with van der Waals surface area (Å²) in [7, 11) is 0. The van der Waals surface area contributed by atoms with E-state index in [1.54, 1.807) is 0 Å². The molecule has 0 atom stereocenters. The molecule has 0 unspecified atom stereocenters. The lowest BCUT2D eigenvalue weighted by Crippen LogP contribution is -2.64. The Labute approximate surface area is 119 Å².